The molecule has 1 aromatic carbocycles. The number of hydrogen-bond acceptors (Lipinski definition) is 3. The summed E-state index contributed by atoms with van der Waals surface area (Å²) in [6.07, 6.45) is 2.81. The third kappa shape index (κ3) is 5.88. The van der Waals surface area contributed by atoms with E-state index in [4.69, 9.17) is 9.47 Å². The Morgan fingerprint density at radius 3 is 2.32 bits per heavy atom. The fourth-order valence-electron chi connectivity index (χ4n) is 2.03. The first-order valence-electron chi connectivity index (χ1n) is 7.01. The smallest absolute Gasteiger partial charge is 0.303 e. The SMILES string of the molecule is CCC(CC)OCCC(OC(C)=O)c1ccccc1. The number of hydrogen-bond donors (Lipinski definition) is 0. The van der Waals surface area contributed by atoms with E-state index >= 15 is 0 Å². The van der Waals surface area contributed by atoms with Crippen LogP contribution in [0.5, 0.6) is 0 Å². The van der Waals surface area contributed by atoms with E-state index in [0.717, 1.165) is 18.4 Å². The van der Waals surface area contributed by atoms with Crippen LogP contribution >= 0.6 is 0 Å². The largest absolute Gasteiger partial charge is 0.458 e. The summed E-state index contributed by atoms with van der Waals surface area (Å²) < 4.78 is 11.1. The Kier molecular flexibility index (Phi) is 7.19. The Labute approximate surface area is 115 Å². The molecule has 1 atom stereocenters. The van der Waals surface area contributed by atoms with Crippen molar-refractivity contribution in [3.05, 3.63) is 35.9 Å². The molecule has 3 nitrogen and oxygen atoms in total. The fourth-order valence-corrected chi connectivity index (χ4v) is 2.03. The zero-order valence-electron chi connectivity index (χ0n) is 12.1. The topological polar surface area (TPSA) is 35.5 Å². The third-order valence-corrected chi connectivity index (χ3v) is 3.12. The predicted octanol–water partition coefficient (Wildman–Crippen LogP) is 3.89. The highest BCUT2D eigenvalue weighted by molar-refractivity contribution is 5.66. The van der Waals surface area contributed by atoms with Crippen LogP contribution in [0.3, 0.4) is 0 Å². The van der Waals surface area contributed by atoms with Gasteiger partial charge in [-0.2, -0.15) is 0 Å². The summed E-state index contributed by atoms with van der Waals surface area (Å²) in [6, 6.07) is 9.81. The molecule has 0 aromatic heterocycles. The number of esters is 1. The zero-order valence-corrected chi connectivity index (χ0v) is 12.1. The molecule has 1 unspecified atom stereocenters. The highest BCUT2D eigenvalue weighted by Gasteiger charge is 2.15. The second-order valence-electron chi connectivity index (χ2n) is 4.61. The van der Waals surface area contributed by atoms with Crippen molar-refractivity contribution in [2.24, 2.45) is 0 Å². The van der Waals surface area contributed by atoms with Crippen molar-refractivity contribution in [3.63, 3.8) is 0 Å². The van der Waals surface area contributed by atoms with Gasteiger partial charge in [-0.25, -0.2) is 0 Å². The second-order valence-corrected chi connectivity index (χ2v) is 4.61. The van der Waals surface area contributed by atoms with E-state index in [2.05, 4.69) is 13.8 Å². The maximum atomic E-state index is 11.2. The molecule has 0 saturated carbocycles. The molecule has 0 saturated heterocycles. The second kappa shape index (κ2) is 8.70. The summed E-state index contributed by atoms with van der Waals surface area (Å²) >= 11 is 0. The van der Waals surface area contributed by atoms with Gasteiger partial charge in [0.25, 0.3) is 0 Å². The first-order valence-corrected chi connectivity index (χ1v) is 7.01. The Morgan fingerprint density at radius 1 is 1.16 bits per heavy atom. The Balaban J connectivity index is 2.53. The van der Waals surface area contributed by atoms with Gasteiger partial charge < -0.3 is 9.47 Å². The van der Waals surface area contributed by atoms with Gasteiger partial charge in [0.2, 0.25) is 0 Å². The summed E-state index contributed by atoms with van der Waals surface area (Å²) in [6.45, 7) is 6.29. The van der Waals surface area contributed by atoms with Crippen molar-refractivity contribution < 1.29 is 14.3 Å². The molecule has 0 aliphatic heterocycles. The lowest BCUT2D eigenvalue weighted by Crippen LogP contribution is -2.15. The highest BCUT2D eigenvalue weighted by atomic mass is 16.5. The summed E-state index contributed by atoms with van der Waals surface area (Å²) in [4.78, 5) is 11.2. The summed E-state index contributed by atoms with van der Waals surface area (Å²) in [5, 5.41) is 0. The molecule has 106 valence electrons. The quantitative estimate of drug-likeness (QED) is 0.668. The molecule has 3 heteroatoms. The molecule has 0 N–H and O–H groups in total. The van der Waals surface area contributed by atoms with Gasteiger partial charge in [0.1, 0.15) is 6.10 Å². The van der Waals surface area contributed by atoms with E-state index in [1.165, 1.54) is 6.92 Å². The average Bonchev–Trinajstić information content (AvgIpc) is 2.43. The maximum absolute atomic E-state index is 11.2. The van der Waals surface area contributed by atoms with Gasteiger partial charge in [-0.05, 0) is 18.4 Å². The van der Waals surface area contributed by atoms with Crippen molar-refractivity contribution in [1.29, 1.82) is 0 Å². The molecule has 0 aliphatic carbocycles. The molecule has 0 radical (unpaired) electrons. The minimum absolute atomic E-state index is 0.215. The average molecular weight is 264 g/mol. The molecule has 0 bridgehead atoms. The van der Waals surface area contributed by atoms with Crippen LogP contribution in [0.25, 0.3) is 0 Å². The number of benzene rings is 1. The lowest BCUT2D eigenvalue weighted by molar-refractivity contribution is -0.147. The van der Waals surface area contributed by atoms with Gasteiger partial charge in [-0.1, -0.05) is 44.2 Å². The molecule has 0 amide bonds. The van der Waals surface area contributed by atoms with Gasteiger partial charge in [0, 0.05) is 13.3 Å². The number of carbonyl (C=O) groups excluding carboxylic acids is 1. The monoisotopic (exact) mass is 264 g/mol. The molecule has 1 rings (SSSR count). The molecule has 0 heterocycles. The van der Waals surface area contributed by atoms with Crippen molar-refractivity contribution in [2.75, 3.05) is 6.61 Å². The van der Waals surface area contributed by atoms with Gasteiger partial charge in [0.15, 0.2) is 0 Å². The van der Waals surface area contributed by atoms with Crippen molar-refractivity contribution in [2.45, 2.75) is 52.2 Å². The Hall–Kier alpha value is -1.35. The minimum Gasteiger partial charge on any atom is -0.458 e. The van der Waals surface area contributed by atoms with Crippen LogP contribution < -0.4 is 0 Å². The predicted molar refractivity (Wildman–Crippen MR) is 75.9 cm³/mol. The van der Waals surface area contributed by atoms with Crippen LogP contribution in [0.2, 0.25) is 0 Å². The van der Waals surface area contributed by atoms with E-state index in [1.807, 2.05) is 30.3 Å². The van der Waals surface area contributed by atoms with E-state index in [1.54, 1.807) is 0 Å². The van der Waals surface area contributed by atoms with E-state index < -0.39 is 0 Å². The fraction of sp³-hybridized carbons (Fsp3) is 0.562. The summed E-state index contributed by atoms with van der Waals surface area (Å²) in [7, 11) is 0. The Bertz CT molecular complexity index is 358. The molecular formula is C16H24O3. The number of carbonyl (C=O) groups is 1. The van der Waals surface area contributed by atoms with Crippen LogP contribution in [0, 0.1) is 0 Å². The van der Waals surface area contributed by atoms with Crippen molar-refractivity contribution in [1.82, 2.24) is 0 Å². The van der Waals surface area contributed by atoms with E-state index in [0.29, 0.717) is 19.1 Å². The van der Waals surface area contributed by atoms with Gasteiger partial charge in [-0.3, -0.25) is 4.79 Å². The Morgan fingerprint density at radius 2 is 1.79 bits per heavy atom. The van der Waals surface area contributed by atoms with E-state index in [-0.39, 0.29) is 12.1 Å². The first-order chi connectivity index (χ1) is 9.17. The van der Waals surface area contributed by atoms with Crippen LogP contribution in [0.4, 0.5) is 0 Å². The lowest BCUT2D eigenvalue weighted by Gasteiger charge is -2.19. The minimum atomic E-state index is -0.253. The lowest BCUT2D eigenvalue weighted by atomic mass is 10.1. The van der Waals surface area contributed by atoms with Gasteiger partial charge in [-0.15, -0.1) is 0 Å². The zero-order chi connectivity index (χ0) is 14.1. The van der Waals surface area contributed by atoms with E-state index in [9.17, 15) is 4.79 Å². The van der Waals surface area contributed by atoms with Gasteiger partial charge in [0.05, 0.1) is 12.7 Å². The van der Waals surface area contributed by atoms with Crippen LogP contribution in [0.15, 0.2) is 30.3 Å². The maximum Gasteiger partial charge on any atom is 0.303 e. The van der Waals surface area contributed by atoms with Crippen molar-refractivity contribution in [3.8, 4) is 0 Å². The number of rotatable bonds is 8. The molecular weight excluding hydrogens is 240 g/mol. The molecule has 1 aromatic rings. The van der Waals surface area contributed by atoms with Crippen molar-refractivity contribution >= 4 is 5.97 Å². The van der Waals surface area contributed by atoms with Gasteiger partial charge >= 0.3 is 5.97 Å². The van der Waals surface area contributed by atoms with Crippen LogP contribution in [0.1, 0.15) is 51.7 Å². The standard InChI is InChI=1S/C16H24O3/c1-4-15(5-2)18-12-11-16(19-13(3)17)14-9-7-6-8-10-14/h6-10,15-16H,4-5,11-12H2,1-3H3. The molecule has 0 spiro atoms. The highest BCUT2D eigenvalue weighted by Crippen LogP contribution is 2.21. The molecule has 0 fully saturated rings. The third-order valence-electron chi connectivity index (χ3n) is 3.12. The first kappa shape index (κ1) is 15.7. The summed E-state index contributed by atoms with van der Waals surface area (Å²) in [5.41, 5.74) is 1.02. The number of ether oxygens (including phenoxy) is 2. The normalized spacial score (nSPS) is 12.4. The van der Waals surface area contributed by atoms with Crippen LogP contribution in [-0.2, 0) is 14.3 Å². The molecule has 19 heavy (non-hydrogen) atoms. The summed E-state index contributed by atoms with van der Waals surface area (Å²) in [5.74, 6) is -0.253. The van der Waals surface area contributed by atoms with Crippen LogP contribution in [-0.4, -0.2) is 18.7 Å². The molecule has 0 aliphatic rings.